The number of amides is 1. The number of rotatable bonds is 7. The van der Waals surface area contributed by atoms with Crippen molar-refractivity contribution in [1.82, 2.24) is 4.90 Å². The fourth-order valence-electron chi connectivity index (χ4n) is 2.49. The van der Waals surface area contributed by atoms with Gasteiger partial charge in [0.25, 0.3) is 0 Å². The van der Waals surface area contributed by atoms with Gasteiger partial charge in [-0.15, -0.1) is 0 Å². The average Bonchev–Trinajstić information content (AvgIpc) is 2.58. The Morgan fingerprint density at radius 3 is 2.52 bits per heavy atom. The van der Waals surface area contributed by atoms with E-state index in [9.17, 15) is 13.2 Å². The lowest BCUT2D eigenvalue weighted by atomic mass is 10.2. The first-order valence-corrected chi connectivity index (χ1v) is 10.9. The molecule has 0 radical (unpaired) electrons. The molecular formula is C18H20BrClN2O4S. The zero-order chi connectivity index (χ0) is 20.2. The van der Waals surface area contributed by atoms with Gasteiger partial charge < -0.3 is 9.64 Å². The molecule has 0 bridgehead atoms. The summed E-state index contributed by atoms with van der Waals surface area (Å²) in [5.41, 5.74) is 1.14. The summed E-state index contributed by atoms with van der Waals surface area (Å²) in [6, 6.07) is 11.9. The number of ether oxygens (including phenoxy) is 1. The summed E-state index contributed by atoms with van der Waals surface area (Å²) < 4.78 is 31.6. The second-order valence-corrected chi connectivity index (χ2v) is 9.21. The smallest absolute Gasteiger partial charge is 0.243 e. The normalized spacial score (nSPS) is 11.1. The molecule has 0 heterocycles. The maximum absolute atomic E-state index is 12.7. The topological polar surface area (TPSA) is 66.9 Å². The van der Waals surface area contributed by atoms with Crippen LogP contribution in [-0.4, -0.2) is 46.2 Å². The summed E-state index contributed by atoms with van der Waals surface area (Å²) in [6.07, 6.45) is 1.05. The lowest BCUT2D eigenvalue weighted by molar-refractivity contribution is -0.128. The standard InChI is InChI=1S/C18H20BrClN2O4S/c1-21(11-13-9-14(19)7-8-17(13)26-2)18(23)12-22(27(3,24)25)16-6-4-5-15(20)10-16/h4-10H,11-12H2,1-3H3. The molecule has 0 saturated carbocycles. The number of hydrogen-bond acceptors (Lipinski definition) is 4. The second-order valence-electron chi connectivity index (χ2n) is 5.96. The number of nitrogens with zero attached hydrogens (tertiary/aromatic N) is 2. The molecule has 2 aromatic rings. The summed E-state index contributed by atoms with van der Waals surface area (Å²) in [6.45, 7) is -0.0550. The summed E-state index contributed by atoms with van der Waals surface area (Å²) in [7, 11) is -0.494. The van der Waals surface area contributed by atoms with Gasteiger partial charge in [-0.25, -0.2) is 8.42 Å². The fraction of sp³-hybridized carbons (Fsp3) is 0.278. The summed E-state index contributed by atoms with van der Waals surface area (Å²) in [5, 5.41) is 0.390. The Labute approximate surface area is 172 Å². The lowest BCUT2D eigenvalue weighted by Gasteiger charge is -2.25. The molecule has 0 aliphatic heterocycles. The van der Waals surface area contributed by atoms with E-state index in [1.165, 1.54) is 11.0 Å². The third kappa shape index (κ3) is 5.85. The highest BCUT2D eigenvalue weighted by atomic mass is 79.9. The molecule has 27 heavy (non-hydrogen) atoms. The Balaban J connectivity index is 2.21. The van der Waals surface area contributed by atoms with Crippen LogP contribution in [0.3, 0.4) is 0 Å². The molecule has 146 valence electrons. The van der Waals surface area contributed by atoms with Crippen molar-refractivity contribution in [1.29, 1.82) is 0 Å². The minimum atomic E-state index is -3.66. The van der Waals surface area contributed by atoms with Gasteiger partial charge in [0, 0.05) is 28.7 Å². The quantitative estimate of drug-likeness (QED) is 0.614. The van der Waals surface area contributed by atoms with Crippen molar-refractivity contribution in [2.45, 2.75) is 6.54 Å². The Bertz CT molecular complexity index is 937. The first-order chi connectivity index (χ1) is 12.6. The number of benzene rings is 2. The van der Waals surface area contributed by atoms with Crippen LogP contribution in [0.25, 0.3) is 0 Å². The van der Waals surface area contributed by atoms with Crippen LogP contribution in [0.2, 0.25) is 5.02 Å². The molecule has 2 rings (SSSR count). The molecule has 2 aromatic carbocycles. The first-order valence-electron chi connectivity index (χ1n) is 7.91. The Hall–Kier alpha value is -1.77. The highest BCUT2D eigenvalue weighted by Gasteiger charge is 2.23. The summed E-state index contributed by atoms with van der Waals surface area (Å²) in [4.78, 5) is 14.1. The molecule has 0 aliphatic rings. The molecule has 0 aliphatic carbocycles. The average molecular weight is 476 g/mol. The van der Waals surface area contributed by atoms with Crippen LogP contribution in [0.15, 0.2) is 46.9 Å². The number of carbonyl (C=O) groups excluding carboxylic acids is 1. The van der Waals surface area contributed by atoms with Crippen LogP contribution < -0.4 is 9.04 Å². The van der Waals surface area contributed by atoms with Gasteiger partial charge in [0.2, 0.25) is 15.9 Å². The van der Waals surface area contributed by atoms with E-state index < -0.39 is 10.0 Å². The predicted octanol–water partition coefficient (Wildman–Crippen LogP) is 3.54. The summed E-state index contributed by atoms with van der Waals surface area (Å²) >= 11 is 9.36. The molecule has 9 heteroatoms. The van der Waals surface area contributed by atoms with Crippen LogP contribution in [0, 0.1) is 0 Å². The lowest BCUT2D eigenvalue weighted by Crippen LogP contribution is -2.41. The highest BCUT2D eigenvalue weighted by molar-refractivity contribution is 9.10. The summed E-state index contributed by atoms with van der Waals surface area (Å²) in [5.74, 6) is 0.287. The molecule has 0 N–H and O–H groups in total. The van der Waals surface area contributed by atoms with Crippen LogP contribution in [0.1, 0.15) is 5.56 Å². The maximum atomic E-state index is 12.7. The molecular weight excluding hydrogens is 456 g/mol. The minimum Gasteiger partial charge on any atom is -0.496 e. The van der Waals surface area contributed by atoms with E-state index in [-0.39, 0.29) is 19.0 Å². The Morgan fingerprint density at radius 2 is 1.93 bits per heavy atom. The van der Waals surface area contributed by atoms with E-state index in [1.807, 2.05) is 12.1 Å². The van der Waals surface area contributed by atoms with Gasteiger partial charge in [-0.2, -0.15) is 0 Å². The van der Waals surface area contributed by atoms with E-state index in [4.69, 9.17) is 16.3 Å². The third-order valence-corrected chi connectivity index (χ3v) is 5.72. The molecule has 0 atom stereocenters. The molecule has 0 spiro atoms. The minimum absolute atomic E-state index is 0.272. The molecule has 0 aromatic heterocycles. The molecule has 0 unspecified atom stereocenters. The second kappa shape index (κ2) is 8.95. The molecule has 1 amide bonds. The van der Waals surface area contributed by atoms with Crippen LogP contribution in [0.4, 0.5) is 5.69 Å². The van der Waals surface area contributed by atoms with Gasteiger partial charge >= 0.3 is 0 Å². The van der Waals surface area contributed by atoms with Gasteiger partial charge in [-0.3, -0.25) is 9.10 Å². The fourth-order valence-corrected chi connectivity index (χ4v) is 3.92. The number of methoxy groups -OCH3 is 1. The molecule has 0 fully saturated rings. The predicted molar refractivity (Wildman–Crippen MR) is 111 cm³/mol. The van der Waals surface area contributed by atoms with E-state index in [2.05, 4.69) is 15.9 Å². The number of carbonyl (C=O) groups is 1. The SMILES string of the molecule is COc1ccc(Br)cc1CN(C)C(=O)CN(c1cccc(Cl)c1)S(C)(=O)=O. The van der Waals surface area contributed by atoms with Gasteiger partial charge in [0.05, 0.1) is 19.1 Å². The number of likely N-dealkylation sites (N-methyl/N-ethyl adjacent to an activating group) is 1. The van der Waals surface area contributed by atoms with E-state index in [0.717, 1.165) is 20.6 Å². The largest absolute Gasteiger partial charge is 0.496 e. The van der Waals surface area contributed by atoms with Crippen molar-refractivity contribution in [3.8, 4) is 5.75 Å². The van der Waals surface area contributed by atoms with Crippen molar-refractivity contribution < 1.29 is 17.9 Å². The van der Waals surface area contributed by atoms with Crippen molar-refractivity contribution in [2.24, 2.45) is 0 Å². The van der Waals surface area contributed by atoms with E-state index in [1.54, 1.807) is 38.4 Å². The monoisotopic (exact) mass is 474 g/mol. The van der Waals surface area contributed by atoms with Crippen LogP contribution in [0.5, 0.6) is 5.75 Å². The van der Waals surface area contributed by atoms with Crippen molar-refractivity contribution in [3.05, 3.63) is 57.5 Å². The van der Waals surface area contributed by atoms with Gasteiger partial charge in [-0.1, -0.05) is 33.6 Å². The first kappa shape index (κ1) is 21.5. The van der Waals surface area contributed by atoms with Crippen molar-refractivity contribution in [2.75, 3.05) is 31.3 Å². The number of sulfonamides is 1. The number of hydrogen-bond donors (Lipinski definition) is 0. The van der Waals surface area contributed by atoms with Gasteiger partial charge in [0.1, 0.15) is 12.3 Å². The third-order valence-electron chi connectivity index (χ3n) is 3.85. The van der Waals surface area contributed by atoms with Gasteiger partial charge in [-0.05, 0) is 36.4 Å². The maximum Gasteiger partial charge on any atom is 0.243 e. The van der Waals surface area contributed by atoms with Crippen molar-refractivity contribution >= 4 is 49.1 Å². The van der Waals surface area contributed by atoms with E-state index in [0.29, 0.717) is 16.5 Å². The van der Waals surface area contributed by atoms with Crippen LogP contribution in [-0.2, 0) is 21.4 Å². The molecule has 0 saturated heterocycles. The molecule has 6 nitrogen and oxygen atoms in total. The Kier molecular flexibility index (Phi) is 7.13. The zero-order valence-corrected chi connectivity index (χ0v) is 18.3. The van der Waals surface area contributed by atoms with Crippen molar-refractivity contribution in [3.63, 3.8) is 0 Å². The van der Waals surface area contributed by atoms with E-state index >= 15 is 0 Å². The highest BCUT2D eigenvalue weighted by Crippen LogP contribution is 2.25. The zero-order valence-electron chi connectivity index (χ0n) is 15.1. The van der Waals surface area contributed by atoms with Gasteiger partial charge in [0.15, 0.2) is 0 Å². The number of halogens is 2. The Morgan fingerprint density at radius 1 is 1.22 bits per heavy atom. The van der Waals surface area contributed by atoms with Crippen LogP contribution >= 0.6 is 27.5 Å². The number of anilines is 1.